The molecule has 15 heavy (non-hydrogen) atoms. The zero-order valence-electron chi connectivity index (χ0n) is 9.23. The van der Waals surface area contributed by atoms with E-state index < -0.39 is 0 Å². The van der Waals surface area contributed by atoms with Gasteiger partial charge in [0.05, 0.1) is 0 Å². The van der Waals surface area contributed by atoms with Crippen molar-refractivity contribution in [2.45, 2.75) is 32.5 Å². The van der Waals surface area contributed by atoms with Crippen molar-refractivity contribution in [3.63, 3.8) is 0 Å². The number of anilines is 1. The highest BCUT2D eigenvalue weighted by molar-refractivity contribution is 7.15. The highest BCUT2D eigenvalue weighted by Crippen LogP contribution is 2.19. The van der Waals surface area contributed by atoms with Gasteiger partial charge in [0.2, 0.25) is 0 Å². The van der Waals surface area contributed by atoms with Gasteiger partial charge in [-0.3, -0.25) is 4.90 Å². The van der Waals surface area contributed by atoms with Crippen LogP contribution in [-0.4, -0.2) is 35.1 Å². The van der Waals surface area contributed by atoms with Crippen LogP contribution in [-0.2, 0) is 6.54 Å². The summed E-state index contributed by atoms with van der Waals surface area (Å²) in [7, 11) is 0. The van der Waals surface area contributed by atoms with Gasteiger partial charge in [0, 0.05) is 42.8 Å². The number of hydrogen-bond acceptors (Lipinski definition) is 5. The van der Waals surface area contributed by atoms with Crippen LogP contribution >= 0.6 is 11.3 Å². The Bertz CT molecular complexity index is 325. The molecule has 0 saturated carbocycles. The molecule has 4 nitrogen and oxygen atoms in total. The smallest absolute Gasteiger partial charge is 0.180 e. The van der Waals surface area contributed by atoms with E-state index in [1.807, 2.05) is 6.20 Å². The normalized spacial score (nSPS) is 28.1. The summed E-state index contributed by atoms with van der Waals surface area (Å²) in [6, 6.07) is 1.16. The van der Waals surface area contributed by atoms with Crippen LogP contribution in [0.2, 0.25) is 0 Å². The number of nitrogen functional groups attached to an aromatic ring is 1. The van der Waals surface area contributed by atoms with E-state index in [4.69, 9.17) is 5.73 Å². The summed E-state index contributed by atoms with van der Waals surface area (Å²) < 4.78 is 0. The van der Waals surface area contributed by atoms with Crippen LogP contribution in [0.4, 0.5) is 5.13 Å². The number of hydrogen-bond donors (Lipinski definition) is 2. The van der Waals surface area contributed by atoms with Gasteiger partial charge in [0.1, 0.15) is 0 Å². The average Bonchev–Trinajstić information content (AvgIpc) is 2.58. The van der Waals surface area contributed by atoms with Crippen molar-refractivity contribution in [1.82, 2.24) is 15.2 Å². The van der Waals surface area contributed by atoms with E-state index in [1.165, 1.54) is 4.88 Å². The Morgan fingerprint density at radius 3 is 3.13 bits per heavy atom. The van der Waals surface area contributed by atoms with Crippen LogP contribution in [0.1, 0.15) is 18.7 Å². The van der Waals surface area contributed by atoms with Gasteiger partial charge in [-0.2, -0.15) is 0 Å². The predicted molar refractivity (Wildman–Crippen MR) is 63.9 cm³/mol. The van der Waals surface area contributed by atoms with Gasteiger partial charge in [-0.15, -0.1) is 11.3 Å². The lowest BCUT2D eigenvalue weighted by Crippen LogP contribution is -2.53. The quantitative estimate of drug-likeness (QED) is 0.787. The third-order valence-electron chi connectivity index (χ3n) is 2.82. The molecule has 2 atom stereocenters. The summed E-state index contributed by atoms with van der Waals surface area (Å²) in [5.74, 6) is 0. The van der Waals surface area contributed by atoms with E-state index in [9.17, 15) is 0 Å². The molecule has 0 spiro atoms. The standard InChI is InChI=1S/C10H18N4S/c1-7-5-14(8(2)3-12-7)6-9-4-13-10(11)15-9/h4,7-8,12H,3,5-6H2,1-2H3,(H2,11,13). The Morgan fingerprint density at radius 1 is 1.67 bits per heavy atom. The molecule has 1 fully saturated rings. The molecule has 5 heteroatoms. The molecule has 1 saturated heterocycles. The van der Waals surface area contributed by atoms with Crippen molar-refractivity contribution in [3.05, 3.63) is 11.1 Å². The van der Waals surface area contributed by atoms with E-state index >= 15 is 0 Å². The highest BCUT2D eigenvalue weighted by atomic mass is 32.1. The molecule has 1 aliphatic rings. The summed E-state index contributed by atoms with van der Waals surface area (Å²) in [5.41, 5.74) is 5.62. The third kappa shape index (κ3) is 2.68. The van der Waals surface area contributed by atoms with E-state index in [2.05, 4.69) is 29.0 Å². The Labute approximate surface area is 94.5 Å². The zero-order valence-corrected chi connectivity index (χ0v) is 10.0. The molecule has 0 aromatic carbocycles. The number of aromatic nitrogens is 1. The van der Waals surface area contributed by atoms with Gasteiger partial charge in [-0.1, -0.05) is 0 Å². The summed E-state index contributed by atoms with van der Waals surface area (Å²) in [6.45, 7) is 7.61. The molecule has 3 N–H and O–H groups in total. The molecular weight excluding hydrogens is 208 g/mol. The largest absolute Gasteiger partial charge is 0.375 e. The second kappa shape index (κ2) is 4.47. The lowest BCUT2D eigenvalue weighted by atomic mass is 10.1. The molecule has 84 valence electrons. The van der Waals surface area contributed by atoms with Crippen molar-refractivity contribution in [1.29, 1.82) is 0 Å². The second-order valence-corrected chi connectivity index (χ2v) is 5.40. The molecular formula is C10H18N4S. The van der Waals surface area contributed by atoms with Crippen LogP contribution in [0, 0.1) is 0 Å². The molecule has 0 aliphatic carbocycles. The lowest BCUT2D eigenvalue weighted by Gasteiger charge is -2.37. The Hall–Kier alpha value is -0.650. The minimum atomic E-state index is 0.575. The first-order chi connectivity index (χ1) is 7.15. The SMILES string of the molecule is CC1CN(Cc2cnc(N)s2)C(C)CN1. The predicted octanol–water partition coefficient (Wildman–Crippen LogP) is 0.908. The van der Waals surface area contributed by atoms with E-state index in [1.54, 1.807) is 11.3 Å². The Kier molecular flexibility index (Phi) is 3.23. The van der Waals surface area contributed by atoms with Crippen molar-refractivity contribution in [2.75, 3.05) is 18.8 Å². The number of nitrogens with two attached hydrogens (primary N) is 1. The second-order valence-electron chi connectivity index (χ2n) is 4.25. The number of nitrogens with zero attached hydrogens (tertiary/aromatic N) is 2. The fourth-order valence-corrected chi connectivity index (χ4v) is 2.62. The van der Waals surface area contributed by atoms with Gasteiger partial charge < -0.3 is 11.1 Å². The lowest BCUT2D eigenvalue weighted by molar-refractivity contribution is 0.140. The average molecular weight is 226 g/mol. The number of nitrogens with one attached hydrogen (secondary N) is 1. The Balaban J connectivity index is 1.98. The fourth-order valence-electron chi connectivity index (χ4n) is 1.91. The van der Waals surface area contributed by atoms with Crippen LogP contribution in [0.5, 0.6) is 0 Å². The maximum atomic E-state index is 5.62. The minimum absolute atomic E-state index is 0.575. The zero-order chi connectivity index (χ0) is 10.8. The fraction of sp³-hybridized carbons (Fsp3) is 0.700. The maximum Gasteiger partial charge on any atom is 0.180 e. The molecule has 1 aliphatic heterocycles. The molecule has 0 radical (unpaired) electrons. The first kappa shape index (κ1) is 10.9. The number of rotatable bonds is 2. The topological polar surface area (TPSA) is 54.2 Å². The van der Waals surface area contributed by atoms with Crippen LogP contribution < -0.4 is 11.1 Å². The number of piperazine rings is 1. The minimum Gasteiger partial charge on any atom is -0.375 e. The van der Waals surface area contributed by atoms with Crippen molar-refractivity contribution >= 4 is 16.5 Å². The number of thiazole rings is 1. The van der Waals surface area contributed by atoms with E-state index in [0.29, 0.717) is 17.2 Å². The van der Waals surface area contributed by atoms with E-state index in [0.717, 1.165) is 19.6 Å². The maximum absolute atomic E-state index is 5.62. The summed E-state index contributed by atoms with van der Waals surface area (Å²) in [4.78, 5) is 7.82. The van der Waals surface area contributed by atoms with Crippen molar-refractivity contribution in [3.8, 4) is 0 Å². The van der Waals surface area contributed by atoms with Crippen LogP contribution in [0.3, 0.4) is 0 Å². The first-order valence-electron chi connectivity index (χ1n) is 5.33. The molecule has 1 aromatic rings. The molecule has 2 heterocycles. The van der Waals surface area contributed by atoms with Gasteiger partial charge in [0.25, 0.3) is 0 Å². The van der Waals surface area contributed by atoms with Crippen LogP contribution in [0.15, 0.2) is 6.20 Å². The van der Waals surface area contributed by atoms with Crippen LogP contribution in [0.25, 0.3) is 0 Å². The van der Waals surface area contributed by atoms with Gasteiger partial charge in [-0.05, 0) is 13.8 Å². The molecule has 0 bridgehead atoms. The molecule has 1 aromatic heterocycles. The summed E-state index contributed by atoms with van der Waals surface area (Å²) in [5, 5.41) is 4.14. The third-order valence-corrected chi connectivity index (χ3v) is 3.64. The molecule has 0 amide bonds. The molecule has 2 rings (SSSR count). The highest BCUT2D eigenvalue weighted by Gasteiger charge is 2.22. The molecule has 2 unspecified atom stereocenters. The van der Waals surface area contributed by atoms with Gasteiger partial charge in [0.15, 0.2) is 5.13 Å². The van der Waals surface area contributed by atoms with E-state index in [-0.39, 0.29) is 0 Å². The van der Waals surface area contributed by atoms with Gasteiger partial charge >= 0.3 is 0 Å². The Morgan fingerprint density at radius 2 is 2.47 bits per heavy atom. The summed E-state index contributed by atoms with van der Waals surface area (Å²) >= 11 is 1.59. The summed E-state index contributed by atoms with van der Waals surface area (Å²) in [6.07, 6.45) is 1.89. The monoisotopic (exact) mass is 226 g/mol. The van der Waals surface area contributed by atoms with Crippen molar-refractivity contribution < 1.29 is 0 Å². The first-order valence-corrected chi connectivity index (χ1v) is 6.14. The van der Waals surface area contributed by atoms with Gasteiger partial charge in [-0.25, -0.2) is 4.98 Å². The van der Waals surface area contributed by atoms with Crippen molar-refractivity contribution in [2.24, 2.45) is 0 Å².